The molecule has 0 radical (unpaired) electrons. The number of carbonyl (C=O) groups is 1. The second-order valence-electron chi connectivity index (χ2n) is 7.58. The van der Waals surface area contributed by atoms with E-state index >= 15 is 0 Å². The van der Waals surface area contributed by atoms with Crippen LogP contribution >= 0.6 is 11.6 Å². The van der Waals surface area contributed by atoms with E-state index in [0.29, 0.717) is 27.8 Å². The molecule has 0 aliphatic carbocycles. The van der Waals surface area contributed by atoms with Gasteiger partial charge in [0.05, 0.1) is 11.8 Å². The van der Waals surface area contributed by atoms with Crippen molar-refractivity contribution < 1.29 is 9.32 Å². The van der Waals surface area contributed by atoms with E-state index in [2.05, 4.69) is 20.4 Å². The van der Waals surface area contributed by atoms with Gasteiger partial charge in [0, 0.05) is 17.0 Å². The normalized spacial score (nSPS) is 11.3. The van der Waals surface area contributed by atoms with Crippen molar-refractivity contribution in [1.82, 2.24) is 29.6 Å². The summed E-state index contributed by atoms with van der Waals surface area (Å²) in [6.45, 7) is 2.03. The number of para-hydroxylation sites is 1. The van der Waals surface area contributed by atoms with Crippen LogP contribution in [0.5, 0.6) is 0 Å². The molecule has 0 aliphatic heterocycles. The Bertz CT molecular complexity index is 1550. The molecule has 3 aromatic heterocycles. The molecule has 10 heteroatoms. The lowest BCUT2D eigenvalue weighted by Gasteiger charge is -2.10. The molecule has 5 aromatic rings. The van der Waals surface area contributed by atoms with Gasteiger partial charge in [0.25, 0.3) is 5.56 Å². The summed E-state index contributed by atoms with van der Waals surface area (Å²) >= 11 is 6.19. The van der Waals surface area contributed by atoms with Gasteiger partial charge in [-0.2, -0.15) is 4.98 Å². The van der Waals surface area contributed by atoms with Crippen LogP contribution in [0.2, 0.25) is 5.02 Å². The van der Waals surface area contributed by atoms with Crippen LogP contribution in [0.15, 0.2) is 64.2 Å². The quantitative estimate of drug-likeness (QED) is 0.415. The highest BCUT2D eigenvalue weighted by atomic mass is 35.5. The second-order valence-corrected chi connectivity index (χ2v) is 7.99. The van der Waals surface area contributed by atoms with Crippen molar-refractivity contribution in [1.29, 1.82) is 0 Å². The number of nitrogens with one attached hydrogen (secondary N) is 1. The molecular weight excluding hydrogens is 444 g/mol. The van der Waals surface area contributed by atoms with Crippen molar-refractivity contribution in [3.05, 3.63) is 87.5 Å². The van der Waals surface area contributed by atoms with E-state index in [1.54, 1.807) is 17.6 Å². The zero-order valence-electron chi connectivity index (χ0n) is 17.7. The third-order valence-corrected chi connectivity index (χ3v) is 5.71. The summed E-state index contributed by atoms with van der Waals surface area (Å²) in [5, 5.41) is 8.01. The Kier molecular flexibility index (Phi) is 5.39. The molecule has 33 heavy (non-hydrogen) atoms. The predicted octanol–water partition coefficient (Wildman–Crippen LogP) is 3.06. The molecule has 3 heterocycles. The Morgan fingerprint density at radius 1 is 1.15 bits per heavy atom. The number of carbonyl (C=O) groups excluding carboxylic acids is 1. The number of amides is 1. The third-order valence-electron chi connectivity index (χ3n) is 5.34. The minimum atomic E-state index is -0.300. The van der Waals surface area contributed by atoms with Gasteiger partial charge in [-0.05, 0) is 24.6 Å². The van der Waals surface area contributed by atoms with Crippen LogP contribution in [0.25, 0.3) is 21.9 Å². The summed E-state index contributed by atoms with van der Waals surface area (Å²) in [5.74, 6) is 0.534. The molecule has 9 nitrogen and oxygen atoms in total. The molecule has 0 bridgehead atoms. The van der Waals surface area contributed by atoms with Crippen LogP contribution in [0.3, 0.4) is 0 Å². The Morgan fingerprint density at radius 2 is 1.94 bits per heavy atom. The van der Waals surface area contributed by atoms with E-state index in [1.165, 1.54) is 10.9 Å². The first-order valence-corrected chi connectivity index (χ1v) is 10.6. The lowest BCUT2D eigenvalue weighted by Crippen LogP contribution is -2.29. The summed E-state index contributed by atoms with van der Waals surface area (Å²) in [6.07, 6.45) is 1.46. The summed E-state index contributed by atoms with van der Waals surface area (Å²) in [4.78, 5) is 34.9. The first-order chi connectivity index (χ1) is 16.0. The SMILES string of the molecule is Cc1noc(Cn2cnc3c4ccccc4n(CC(=O)NCc4ccccc4Cl)c3c2=O)n1. The zero-order valence-corrected chi connectivity index (χ0v) is 18.4. The van der Waals surface area contributed by atoms with E-state index in [-0.39, 0.29) is 31.1 Å². The van der Waals surface area contributed by atoms with E-state index in [0.717, 1.165) is 16.5 Å². The van der Waals surface area contributed by atoms with E-state index in [1.807, 2.05) is 42.5 Å². The fraction of sp³-hybridized carbons (Fsp3) is 0.174. The standard InChI is InChI=1S/C23H19ClN6O3/c1-14-27-20(33-28-14)12-29-13-26-21-16-7-3-5-9-18(16)30(22(21)23(29)32)11-19(31)25-10-15-6-2-4-8-17(15)24/h2-9,13H,10-12H2,1H3,(H,25,31). The molecule has 0 spiro atoms. The zero-order chi connectivity index (χ0) is 22.9. The third kappa shape index (κ3) is 3.98. The maximum absolute atomic E-state index is 13.4. The summed E-state index contributed by atoms with van der Waals surface area (Å²) in [7, 11) is 0. The first kappa shape index (κ1) is 20.9. The largest absolute Gasteiger partial charge is 0.350 e. The van der Waals surface area contributed by atoms with Gasteiger partial charge < -0.3 is 14.4 Å². The second kappa shape index (κ2) is 8.51. The van der Waals surface area contributed by atoms with Gasteiger partial charge in [0.2, 0.25) is 11.8 Å². The molecule has 1 N–H and O–H groups in total. The molecule has 5 rings (SSSR count). The highest BCUT2D eigenvalue weighted by Gasteiger charge is 2.19. The number of hydrogen-bond acceptors (Lipinski definition) is 6. The van der Waals surface area contributed by atoms with Gasteiger partial charge in [-0.15, -0.1) is 0 Å². The van der Waals surface area contributed by atoms with Crippen molar-refractivity contribution in [2.45, 2.75) is 26.6 Å². The highest BCUT2D eigenvalue weighted by molar-refractivity contribution is 6.31. The molecule has 2 aromatic carbocycles. The number of hydrogen-bond donors (Lipinski definition) is 1. The molecule has 0 unspecified atom stereocenters. The maximum atomic E-state index is 13.4. The number of benzene rings is 2. The molecule has 166 valence electrons. The Balaban J connectivity index is 1.52. The van der Waals surface area contributed by atoms with Crippen LogP contribution in [-0.2, 0) is 24.4 Å². The molecule has 0 fully saturated rings. The molecule has 0 saturated heterocycles. The van der Waals surface area contributed by atoms with Crippen molar-refractivity contribution >= 4 is 39.4 Å². The number of rotatable bonds is 6. The number of aromatic nitrogens is 5. The summed E-state index contributed by atoms with van der Waals surface area (Å²) in [5.41, 5.74) is 2.13. The maximum Gasteiger partial charge on any atom is 0.278 e. The summed E-state index contributed by atoms with van der Waals surface area (Å²) < 4.78 is 8.23. The molecule has 0 saturated carbocycles. The average molecular weight is 463 g/mol. The Morgan fingerprint density at radius 3 is 2.73 bits per heavy atom. The van der Waals surface area contributed by atoms with Gasteiger partial charge in [-0.3, -0.25) is 14.2 Å². The number of fused-ring (bicyclic) bond motifs is 3. The van der Waals surface area contributed by atoms with Crippen molar-refractivity contribution in [3.8, 4) is 0 Å². The van der Waals surface area contributed by atoms with Crippen LogP contribution in [0.1, 0.15) is 17.3 Å². The van der Waals surface area contributed by atoms with Crippen molar-refractivity contribution in [2.75, 3.05) is 0 Å². The van der Waals surface area contributed by atoms with Gasteiger partial charge in [-0.25, -0.2) is 4.98 Å². The predicted molar refractivity (Wildman–Crippen MR) is 123 cm³/mol. The fourth-order valence-corrected chi connectivity index (χ4v) is 4.01. The average Bonchev–Trinajstić information content (AvgIpc) is 3.36. The number of nitrogens with zero attached hydrogens (tertiary/aromatic N) is 5. The van der Waals surface area contributed by atoms with Crippen molar-refractivity contribution in [3.63, 3.8) is 0 Å². The lowest BCUT2D eigenvalue weighted by atomic mass is 10.2. The van der Waals surface area contributed by atoms with E-state index < -0.39 is 0 Å². The molecule has 1 amide bonds. The Labute approximate surface area is 192 Å². The van der Waals surface area contributed by atoms with Gasteiger partial charge in [0.1, 0.15) is 24.1 Å². The lowest BCUT2D eigenvalue weighted by molar-refractivity contribution is -0.121. The van der Waals surface area contributed by atoms with Gasteiger partial charge >= 0.3 is 0 Å². The smallest absolute Gasteiger partial charge is 0.278 e. The topological polar surface area (TPSA) is 108 Å². The Hall–Kier alpha value is -3.98. The van der Waals surface area contributed by atoms with Crippen LogP contribution in [-0.4, -0.2) is 30.2 Å². The van der Waals surface area contributed by atoms with Gasteiger partial charge in [-0.1, -0.05) is 53.2 Å². The van der Waals surface area contributed by atoms with E-state index in [9.17, 15) is 9.59 Å². The molecule has 0 aliphatic rings. The minimum Gasteiger partial charge on any atom is -0.350 e. The molecule has 0 atom stereocenters. The summed E-state index contributed by atoms with van der Waals surface area (Å²) in [6, 6.07) is 14.8. The molecular formula is C23H19ClN6O3. The van der Waals surface area contributed by atoms with Crippen molar-refractivity contribution in [2.24, 2.45) is 0 Å². The van der Waals surface area contributed by atoms with Crippen LogP contribution in [0.4, 0.5) is 0 Å². The number of aryl methyl sites for hydroxylation is 1. The minimum absolute atomic E-state index is 0.0466. The van der Waals surface area contributed by atoms with Crippen LogP contribution < -0.4 is 10.9 Å². The number of halogens is 1. The van der Waals surface area contributed by atoms with Gasteiger partial charge in [0.15, 0.2) is 5.82 Å². The monoisotopic (exact) mass is 462 g/mol. The fourth-order valence-electron chi connectivity index (χ4n) is 3.81. The van der Waals surface area contributed by atoms with E-state index in [4.69, 9.17) is 16.1 Å². The highest BCUT2D eigenvalue weighted by Crippen LogP contribution is 2.25. The first-order valence-electron chi connectivity index (χ1n) is 10.3. The van der Waals surface area contributed by atoms with Crippen LogP contribution in [0, 0.1) is 6.92 Å².